The van der Waals surface area contributed by atoms with E-state index in [1.165, 1.54) is 16.0 Å². The molecular weight excluding hydrogens is 384 g/mol. The Bertz CT molecular complexity index is 1080. The zero-order valence-corrected chi connectivity index (χ0v) is 15.5. The molecule has 1 saturated heterocycles. The second kappa shape index (κ2) is 7.50. The van der Waals surface area contributed by atoms with Crippen molar-refractivity contribution in [3.63, 3.8) is 0 Å². The van der Waals surface area contributed by atoms with E-state index in [2.05, 4.69) is 4.98 Å². The molecule has 2 aromatic heterocycles. The molecule has 0 saturated carbocycles. The number of piperazine rings is 1. The highest BCUT2D eigenvalue weighted by Crippen LogP contribution is 2.29. The van der Waals surface area contributed by atoms with Gasteiger partial charge in [-0.05, 0) is 25.1 Å². The van der Waals surface area contributed by atoms with Crippen LogP contribution in [0.3, 0.4) is 0 Å². The lowest BCUT2D eigenvalue weighted by Gasteiger charge is -2.33. The fourth-order valence-corrected chi connectivity index (χ4v) is 3.26. The molecule has 1 aliphatic rings. The summed E-state index contributed by atoms with van der Waals surface area (Å²) in [6.45, 7) is 2.64. The van der Waals surface area contributed by atoms with Gasteiger partial charge in [0.05, 0.1) is 6.20 Å². The lowest BCUT2D eigenvalue weighted by atomic mass is 10.1. The zero-order valence-electron chi connectivity index (χ0n) is 15.5. The van der Waals surface area contributed by atoms with E-state index in [1.807, 2.05) is 0 Å². The standard InChI is InChI=1S/C20H17F2N3O4/c1-12-15-9-13(21)10-16(22)18(15)29-17(12)19(26)24-5-7-25(8-6-24)20(27)28-14-3-2-4-23-11-14/h2-4,9-11H,5-8H2,1H3. The summed E-state index contributed by atoms with van der Waals surface area (Å²) >= 11 is 0. The van der Waals surface area contributed by atoms with Crippen LogP contribution in [0.1, 0.15) is 16.1 Å². The van der Waals surface area contributed by atoms with Crippen LogP contribution in [0.25, 0.3) is 11.0 Å². The Balaban J connectivity index is 1.44. The molecule has 3 heterocycles. The molecule has 1 aromatic carbocycles. The van der Waals surface area contributed by atoms with Gasteiger partial charge in [-0.25, -0.2) is 13.6 Å². The maximum Gasteiger partial charge on any atom is 0.415 e. The number of aromatic nitrogens is 1. The summed E-state index contributed by atoms with van der Waals surface area (Å²) in [7, 11) is 0. The van der Waals surface area contributed by atoms with Crippen molar-refractivity contribution in [2.45, 2.75) is 6.92 Å². The van der Waals surface area contributed by atoms with Gasteiger partial charge in [-0.2, -0.15) is 0 Å². The lowest BCUT2D eigenvalue weighted by Crippen LogP contribution is -2.51. The van der Waals surface area contributed by atoms with Crippen molar-refractivity contribution in [2.75, 3.05) is 26.2 Å². The number of furan rings is 1. The molecule has 3 aromatic rings. The van der Waals surface area contributed by atoms with Crippen LogP contribution < -0.4 is 4.74 Å². The first kappa shape index (κ1) is 18.9. The highest BCUT2D eigenvalue weighted by atomic mass is 19.1. The predicted molar refractivity (Wildman–Crippen MR) is 98.6 cm³/mol. The highest BCUT2D eigenvalue weighted by Gasteiger charge is 2.29. The summed E-state index contributed by atoms with van der Waals surface area (Å²) in [4.78, 5) is 31.9. The number of rotatable bonds is 2. The number of aryl methyl sites for hydroxylation is 1. The van der Waals surface area contributed by atoms with Crippen molar-refractivity contribution < 1.29 is 27.5 Å². The zero-order chi connectivity index (χ0) is 20.5. The largest absolute Gasteiger partial charge is 0.448 e. The van der Waals surface area contributed by atoms with Crippen LogP contribution in [-0.2, 0) is 0 Å². The number of hydrogen-bond acceptors (Lipinski definition) is 5. The molecule has 7 nitrogen and oxygen atoms in total. The van der Waals surface area contributed by atoms with E-state index in [9.17, 15) is 18.4 Å². The number of carbonyl (C=O) groups is 2. The quantitative estimate of drug-likeness (QED) is 0.658. The monoisotopic (exact) mass is 401 g/mol. The summed E-state index contributed by atoms with van der Waals surface area (Å²) in [5.74, 6) is -1.72. The molecule has 2 amide bonds. The van der Waals surface area contributed by atoms with Gasteiger partial charge >= 0.3 is 6.09 Å². The molecule has 1 fully saturated rings. The van der Waals surface area contributed by atoms with Crippen molar-refractivity contribution in [3.05, 3.63) is 59.6 Å². The molecule has 0 radical (unpaired) electrons. The first-order valence-corrected chi connectivity index (χ1v) is 8.98. The Hall–Kier alpha value is -3.49. The first-order chi connectivity index (χ1) is 13.9. The van der Waals surface area contributed by atoms with Gasteiger partial charge < -0.3 is 19.0 Å². The normalized spacial score (nSPS) is 14.3. The maximum absolute atomic E-state index is 13.9. The van der Waals surface area contributed by atoms with Crippen LogP contribution in [0, 0.1) is 18.6 Å². The molecule has 0 unspecified atom stereocenters. The smallest absolute Gasteiger partial charge is 0.415 e. The molecule has 150 valence electrons. The molecular formula is C20H17F2N3O4. The SMILES string of the molecule is Cc1c(C(=O)N2CCN(C(=O)Oc3cccnc3)CC2)oc2c(F)cc(F)cc12. The van der Waals surface area contributed by atoms with E-state index in [4.69, 9.17) is 9.15 Å². The third-order valence-electron chi connectivity index (χ3n) is 4.82. The van der Waals surface area contributed by atoms with Crippen molar-refractivity contribution in [2.24, 2.45) is 0 Å². The second-order valence-electron chi connectivity index (χ2n) is 6.66. The van der Waals surface area contributed by atoms with Gasteiger partial charge in [0.15, 0.2) is 22.9 Å². The number of pyridine rings is 1. The molecule has 1 aliphatic heterocycles. The van der Waals surface area contributed by atoms with E-state index in [0.717, 1.165) is 6.07 Å². The molecule has 9 heteroatoms. The number of fused-ring (bicyclic) bond motifs is 1. The fraction of sp³-hybridized carbons (Fsp3) is 0.250. The summed E-state index contributed by atoms with van der Waals surface area (Å²) in [6, 6.07) is 5.13. The molecule has 0 bridgehead atoms. The Kier molecular flexibility index (Phi) is 4.87. The number of nitrogens with zero attached hydrogens (tertiary/aromatic N) is 3. The van der Waals surface area contributed by atoms with Gasteiger partial charge in [0.25, 0.3) is 5.91 Å². The number of hydrogen-bond donors (Lipinski definition) is 0. The van der Waals surface area contributed by atoms with E-state index >= 15 is 0 Å². The molecule has 4 rings (SSSR count). The summed E-state index contributed by atoms with van der Waals surface area (Å²) in [5.41, 5.74) is 0.229. The maximum atomic E-state index is 13.9. The van der Waals surface area contributed by atoms with Crippen molar-refractivity contribution >= 4 is 23.0 Å². The van der Waals surface area contributed by atoms with Gasteiger partial charge in [0, 0.05) is 49.4 Å². The van der Waals surface area contributed by atoms with Crippen molar-refractivity contribution in [1.29, 1.82) is 0 Å². The molecule has 0 atom stereocenters. The van der Waals surface area contributed by atoms with E-state index in [1.54, 1.807) is 25.3 Å². The van der Waals surface area contributed by atoms with Gasteiger partial charge in [0.1, 0.15) is 5.82 Å². The summed E-state index contributed by atoms with van der Waals surface area (Å²) in [6.07, 6.45) is 2.48. The van der Waals surface area contributed by atoms with Gasteiger partial charge in [-0.3, -0.25) is 9.78 Å². The topological polar surface area (TPSA) is 75.9 Å². The number of amides is 2. The van der Waals surface area contributed by atoms with Crippen LogP contribution in [0.2, 0.25) is 0 Å². The van der Waals surface area contributed by atoms with Crippen LogP contribution in [0.15, 0.2) is 41.1 Å². The fourth-order valence-electron chi connectivity index (χ4n) is 3.26. The highest BCUT2D eigenvalue weighted by molar-refractivity contribution is 5.99. The van der Waals surface area contributed by atoms with Crippen LogP contribution in [0.5, 0.6) is 5.75 Å². The van der Waals surface area contributed by atoms with Crippen LogP contribution in [0.4, 0.5) is 13.6 Å². The summed E-state index contributed by atoms with van der Waals surface area (Å²) < 4.78 is 38.1. The third-order valence-corrected chi connectivity index (χ3v) is 4.82. The lowest BCUT2D eigenvalue weighted by molar-refractivity contribution is 0.0605. The number of ether oxygens (including phenoxy) is 1. The molecule has 29 heavy (non-hydrogen) atoms. The Morgan fingerprint density at radius 3 is 2.55 bits per heavy atom. The number of benzene rings is 1. The molecule has 0 spiro atoms. The van der Waals surface area contributed by atoms with Crippen molar-refractivity contribution in [1.82, 2.24) is 14.8 Å². The number of carbonyl (C=O) groups excluding carboxylic acids is 2. The Morgan fingerprint density at radius 1 is 1.14 bits per heavy atom. The Morgan fingerprint density at radius 2 is 1.86 bits per heavy atom. The summed E-state index contributed by atoms with van der Waals surface area (Å²) in [5, 5.41) is 0.226. The Labute approximate surface area is 164 Å². The second-order valence-corrected chi connectivity index (χ2v) is 6.66. The molecule has 0 aliphatic carbocycles. The third kappa shape index (κ3) is 3.63. The van der Waals surface area contributed by atoms with Gasteiger partial charge in [0.2, 0.25) is 0 Å². The predicted octanol–water partition coefficient (Wildman–Crippen LogP) is 3.37. The minimum absolute atomic E-state index is 0.0316. The van der Waals surface area contributed by atoms with E-state index in [-0.39, 0.29) is 42.9 Å². The van der Waals surface area contributed by atoms with Crippen LogP contribution in [-0.4, -0.2) is 53.0 Å². The molecule has 0 N–H and O–H groups in total. The van der Waals surface area contributed by atoms with Crippen molar-refractivity contribution in [3.8, 4) is 5.75 Å². The van der Waals surface area contributed by atoms with Gasteiger partial charge in [-0.15, -0.1) is 0 Å². The minimum atomic E-state index is -0.856. The average Bonchev–Trinajstić information content (AvgIpc) is 3.05. The van der Waals surface area contributed by atoms with Gasteiger partial charge in [-0.1, -0.05) is 0 Å². The van der Waals surface area contributed by atoms with E-state index in [0.29, 0.717) is 17.4 Å². The average molecular weight is 401 g/mol. The first-order valence-electron chi connectivity index (χ1n) is 8.98. The minimum Gasteiger partial charge on any atom is -0.448 e. The number of halogens is 2. The van der Waals surface area contributed by atoms with E-state index < -0.39 is 23.6 Å². The van der Waals surface area contributed by atoms with Crippen LogP contribution >= 0.6 is 0 Å².